The minimum Gasteiger partial charge on any atom is -0.368 e. The van der Waals surface area contributed by atoms with Crippen LogP contribution in [0.2, 0.25) is 5.15 Å². The lowest BCUT2D eigenvalue weighted by Crippen LogP contribution is -2.45. The molecule has 25 heavy (non-hydrogen) atoms. The molecule has 0 bridgehead atoms. The van der Waals surface area contributed by atoms with Crippen molar-refractivity contribution in [2.24, 2.45) is 5.14 Å². The van der Waals surface area contributed by atoms with Crippen LogP contribution in [0.3, 0.4) is 0 Å². The molecule has 1 aliphatic rings. The Balaban J connectivity index is 1.92. The van der Waals surface area contributed by atoms with Crippen molar-refractivity contribution in [3.8, 4) is 0 Å². The van der Waals surface area contributed by atoms with E-state index >= 15 is 0 Å². The van der Waals surface area contributed by atoms with Crippen molar-refractivity contribution in [3.63, 3.8) is 0 Å². The average Bonchev–Trinajstić information content (AvgIpc) is 2.54. The van der Waals surface area contributed by atoms with E-state index in [1.165, 1.54) is 0 Å². The highest BCUT2D eigenvalue weighted by molar-refractivity contribution is 7.89. The Kier molecular flexibility index (Phi) is 5.23. The predicted octanol–water partition coefficient (Wildman–Crippen LogP) is 0.130. The molecular formula is C14H20ClN7O2S. The largest absolute Gasteiger partial charge is 0.368 e. The molecule has 2 aromatic heterocycles. The zero-order valence-electron chi connectivity index (χ0n) is 13.8. The second-order valence-electron chi connectivity index (χ2n) is 5.98. The normalized spacial score (nSPS) is 16.4. The summed E-state index contributed by atoms with van der Waals surface area (Å²) in [6, 6.07) is 1.66. The number of piperazine rings is 1. The first-order chi connectivity index (χ1) is 11.8. The fraction of sp³-hybridized carbons (Fsp3) is 0.500. The summed E-state index contributed by atoms with van der Waals surface area (Å²) < 4.78 is 22.3. The van der Waals surface area contributed by atoms with Crippen LogP contribution < -0.4 is 15.4 Å². The van der Waals surface area contributed by atoms with E-state index in [0.29, 0.717) is 27.8 Å². The first kappa shape index (κ1) is 18.1. The molecule has 1 aliphatic heterocycles. The van der Waals surface area contributed by atoms with E-state index in [1.807, 2.05) is 0 Å². The van der Waals surface area contributed by atoms with Gasteiger partial charge in [-0.25, -0.2) is 23.5 Å². The summed E-state index contributed by atoms with van der Waals surface area (Å²) in [6.07, 6.45) is 1.59. The van der Waals surface area contributed by atoms with E-state index in [9.17, 15) is 8.42 Å². The van der Waals surface area contributed by atoms with E-state index in [0.717, 1.165) is 26.2 Å². The molecule has 0 radical (unpaired) electrons. The number of sulfonamides is 1. The van der Waals surface area contributed by atoms with Crippen molar-refractivity contribution in [1.29, 1.82) is 0 Å². The number of hydrogen-bond acceptors (Lipinski definition) is 8. The molecule has 0 aromatic carbocycles. The molecule has 3 rings (SSSR count). The average molecular weight is 386 g/mol. The lowest BCUT2D eigenvalue weighted by molar-refractivity contribution is 0.311. The Morgan fingerprint density at radius 1 is 1.28 bits per heavy atom. The second kappa shape index (κ2) is 7.24. The minimum absolute atomic E-state index is 0.146. The third-order valence-electron chi connectivity index (χ3n) is 4.00. The molecule has 3 N–H and O–H groups in total. The topological polar surface area (TPSA) is 117 Å². The van der Waals surface area contributed by atoms with Gasteiger partial charge < -0.3 is 15.1 Å². The quantitative estimate of drug-likeness (QED) is 0.697. The van der Waals surface area contributed by atoms with Gasteiger partial charge in [0.05, 0.1) is 17.5 Å². The van der Waals surface area contributed by atoms with Gasteiger partial charge in [0.2, 0.25) is 16.0 Å². The smallest absolute Gasteiger partial charge is 0.228 e. The molecule has 11 heteroatoms. The maximum absolute atomic E-state index is 11.1. The van der Waals surface area contributed by atoms with E-state index in [2.05, 4.69) is 37.1 Å². The lowest BCUT2D eigenvalue weighted by atomic mass is 10.3. The molecule has 9 nitrogen and oxygen atoms in total. The third kappa shape index (κ3) is 4.66. The molecule has 3 heterocycles. The summed E-state index contributed by atoms with van der Waals surface area (Å²) in [6.45, 7) is 3.63. The maximum atomic E-state index is 11.1. The number of aromatic nitrogens is 3. The third-order valence-corrected chi connectivity index (χ3v) is 4.98. The van der Waals surface area contributed by atoms with Gasteiger partial charge in [0, 0.05) is 38.1 Å². The summed E-state index contributed by atoms with van der Waals surface area (Å²) in [7, 11) is -1.48. The van der Waals surface area contributed by atoms with Crippen molar-refractivity contribution < 1.29 is 8.42 Å². The number of fused-ring (bicyclic) bond motifs is 1. The molecule has 0 spiro atoms. The zero-order chi connectivity index (χ0) is 18.0. The number of hydrogen-bond donors (Lipinski definition) is 2. The highest BCUT2D eigenvalue weighted by Crippen LogP contribution is 2.25. The number of primary sulfonamides is 1. The number of nitrogens with two attached hydrogens (primary N) is 1. The number of nitrogens with zero attached hydrogens (tertiary/aromatic N) is 5. The number of likely N-dealkylation sites (N-methyl/N-ethyl adjacent to an activating group) is 1. The molecule has 1 fully saturated rings. The van der Waals surface area contributed by atoms with Crippen LogP contribution in [0, 0.1) is 0 Å². The van der Waals surface area contributed by atoms with Crippen LogP contribution in [-0.4, -0.2) is 73.8 Å². The first-order valence-electron chi connectivity index (χ1n) is 7.83. The van der Waals surface area contributed by atoms with Crippen LogP contribution in [0.5, 0.6) is 0 Å². The molecule has 1 saturated heterocycles. The van der Waals surface area contributed by atoms with Gasteiger partial charge in [0.25, 0.3) is 0 Å². The number of rotatable bonds is 5. The fourth-order valence-corrected chi connectivity index (χ4v) is 3.13. The molecular weight excluding hydrogens is 366 g/mol. The van der Waals surface area contributed by atoms with Crippen LogP contribution in [-0.2, 0) is 10.0 Å². The lowest BCUT2D eigenvalue weighted by Gasteiger charge is -2.32. The SMILES string of the molecule is CN1CCN(c2nc(NCCS(N)(=O)=O)c3cc(Cl)ncc3n2)CC1. The Labute approximate surface area is 151 Å². The standard InChI is InChI=1S/C14H20ClN7O2S/c1-21-3-5-22(6-4-21)14-19-11-9-18-12(15)8-10(11)13(20-14)17-2-7-25(16,23)24/h8-9H,2-7H2,1H3,(H2,16,23,24)(H,17,19,20). The van der Waals surface area contributed by atoms with Gasteiger partial charge in [0.15, 0.2) is 0 Å². The Bertz CT molecular complexity index is 869. The summed E-state index contributed by atoms with van der Waals surface area (Å²) >= 11 is 5.98. The Morgan fingerprint density at radius 2 is 2.00 bits per heavy atom. The van der Waals surface area contributed by atoms with Crippen LogP contribution >= 0.6 is 11.6 Å². The molecule has 2 aromatic rings. The zero-order valence-corrected chi connectivity index (χ0v) is 15.4. The van der Waals surface area contributed by atoms with E-state index in [1.54, 1.807) is 12.3 Å². The van der Waals surface area contributed by atoms with Crippen molar-refractivity contribution >= 4 is 44.3 Å². The fourth-order valence-electron chi connectivity index (χ4n) is 2.59. The van der Waals surface area contributed by atoms with E-state index in [4.69, 9.17) is 16.7 Å². The number of anilines is 2. The molecule has 0 saturated carbocycles. The van der Waals surface area contributed by atoms with Crippen molar-refractivity contribution in [1.82, 2.24) is 19.9 Å². The van der Waals surface area contributed by atoms with Gasteiger partial charge in [-0.05, 0) is 13.1 Å². The highest BCUT2D eigenvalue weighted by atomic mass is 35.5. The molecule has 136 valence electrons. The van der Waals surface area contributed by atoms with Crippen molar-refractivity contribution in [2.75, 3.05) is 55.7 Å². The van der Waals surface area contributed by atoms with Gasteiger partial charge in [-0.3, -0.25) is 0 Å². The predicted molar refractivity (Wildman–Crippen MR) is 98.5 cm³/mol. The van der Waals surface area contributed by atoms with Crippen LogP contribution in [0.4, 0.5) is 11.8 Å². The Morgan fingerprint density at radius 3 is 2.68 bits per heavy atom. The van der Waals surface area contributed by atoms with Gasteiger partial charge in [-0.15, -0.1) is 0 Å². The minimum atomic E-state index is -3.55. The molecule has 0 aliphatic carbocycles. The van der Waals surface area contributed by atoms with Crippen molar-refractivity contribution in [3.05, 3.63) is 17.4 Å². The van der Waals surface area contributed by atoms with Crippen LogP contribution in [0.1, 0.15) is 0 Å². The summed E-state index contributed by atoms with van der Waals surface area (Å²) in [5.74, 6) is 0.913. The van der Waals surface area contributed by atoms with Gasteiger partial charge in [0.1, 0.15) is 11.0 Å². The van der Waals surface area contributed by atoms with E-state index < -0.39 is 10.0 Å². The molecule has 0 amide bonds. The van der Waals surface area contributed by atoms with Gasteiger partial charge >= 0.3 is 0 Å². The van der Waals surface area contributed by atoms with Gasteiger partial charge in [-0.2, -0.15) is 4.98 Å². The second-order valence-corrected chi connectivity index (χ2v) is 8.10. The highest BCUT2D eigenvalue weighted by Gasteiger charge is 2.19. The summed E-state index contributed by atoms with van der Waals surface area (Å²) in [5.41, 5.74) is 0.645. The van der Waals surface area contributed by atoms with Crippen molar-refractivity contribution in [2.45, 2.75) is 0 Å². The van der Waals surface area contributed by atoms with Gasteiger partial charge in [-0.1, -0.05) is 11.6 Å². The summed E-state index contributed by atoms with van der Waals surface area (Å²) in [4.78, 5) is 17.6. The van der Waals surface area contributed by atoms with Crippen LogP contribution in [0.25, 0.3) is 10.9 Å². The maximum Gasteiger partial charge on any atom is 0.228 e. The monoisotopic (exact) mass is 385 g/mol. The number of nitrogens with one attached hydrogen (secondary N) is 1. The number of pyridine rings is 1. The number of halogens is 1. The van der Waals surface area contributed by atoms with E-state index in [-0.39, 0.29) is 12.3 Å². The Hall–Kier alpha value is -1.75. The molecule has 0 atom stereocenters. The van der Waals surface area contributed by atoms with Crippen LogP contribution in [0.15, 0.2) is 12.3 Å². The first-order valence-corrected chi connectivity index (χ1v) is 9.92. The molecule has 0 unspecified atom stereocenters. The summed E-state index contributed by atoms with van der Waals surface area (Å²) in [5, 5.41) is 9.08.